The van der Waals surface area contributed by atoms with Gasteiger partial charge in [-0.1, -0.05) is 49.6 Å². The van der Waals surface area contributed by atoms with Gasteiger partial charge in [0.15, 0.2) is 5.65 Å². The molecule has 1 amide bonds. The molecule has 2 aliphatic rings. The van der Waals surface area contributed by atoms with Gasteiger partial charge in [0.2, 0.25) is 0 Å². The van der Waals surface area contributed by atoms with Crippen LogP contribution in [-0.2, 0) is 6.54 Å². The lowest BCUT2D eigenvalue weighted by molar-refractivity contribution is 0.209. The maximum Gasteiger partial charge on any atom is 0.411 e. The molecule has 0 atom stereocenters. The third-order valence-corrected chi connectivity index (χ3v) is 4.35. The summed E-state index contributed by atoms with van der Waals surface area (Å²) in [5.74, 6) is 0.0696. The fraction of sp³-hybridized carbons (Fsp3) is 0.350. The predicted octanol–water partition coefficient (Wildman–Crippen LogP) is 3.91. The smallest absolute Gasteiger partial charge is 0.411 e. The number of nitrogens with one attached hydrogen (secondary N) is 2. The first kappa shape index (κ1) is 17.5. The number of hydrogen-bond donors (Lipinski definition) is 3. The van der Waals surface area contributed by atoms with Crippen LogP contribution in [0.4, 0.5) is 10.7 Å². The van der Waals surface area contributed by atoms with Gasteiger partial charge in [-0.2, -0.15) is 4.98 Å². The SMILES string of the molecule is C1CC1.O=C(O)Nc1nc2cccc(-c3ccc(CNC4CC4)cc3)n2n1. The Kier molecular flexibility index (Phi) is 5.02. The molecule has 0 aliphatic heterocycles. The Morgan fingerprint density at radius 3 is 2.48 bits per heavy atom. The highest BCUT2D eigenvalue weighted by atomic mass is 16.4. The molecule has 2 aliphatic carbocycles. The average molecular weight is 365 g/mol. The molecule has 7 nitrogen and oxygen atoms in total. The average Bonchev–Trinajstić information content (AvgIpc) is 3.56. The fourth-order valence-electron chi connectivity index (χ4n) is 2.62. The second-order valence-corrected chi connectivity index (χ2v) is 6.96. The van der Waals surface area contributed by atoms with Crippen LogP contribution in [-0.4, -0.2) is 31.8 Å². The van der Waals surface area contributed by atoms with Crippen molar-refractivity contribution in [3.05, 3.63) is 48.0 Å². The molecule has 0 spiro atoms. The molecule has 27 heavy (non-hydrogen) atoms. The van der Waals surface area contributed by atoms with E-state index in [4.69, 9.17) is 5.11 Å². The summed E-state index contributed by atoms with van der Waals surface area (Å²) in [7, 11) is 0. The highest BCUT2D eigenvalue weighted by Gasteiger charge is 2.19. The first-order valence-electron chi connectivity index (χ1n) is 9.37. The summed E-state index contributed by atoms with van der Waals surface area (Å²) in [6.45, 7) is 0.880. The number of carboxylic acid groups (broad SMARTS) is 1. The third-order valence-electron chi connectivity index (χ3n) is 4.35. The first-order chi connectivity index (χ1) is 13.2. The zero-order valence-electron chi connectivity index (χ0n) is 15.1. The van der Waals surface area contributed by atoms with E-state index in [0.717, 1.165) is 17.8 Å². The summed E-state index contributed by atoms with van der Waals surface area (Å²) < 4.78 is 1.64. The molecule has 0 radical (unpaired) electrons. The molecule has 3 N–H and O–H groups in total. The van der Waals surface area contributed by atoms with Crippen molar-refractivity contribution in [1.82, 2.24) is 19.9 Å². The van der Waals surface area contributed by atoms with E-state index in [1.165, 1.54) is 37.7 Å². The summed E-state index contributed by atoms with van der Waals surface area (Å²) in [6.07, 6.45) is 5.87. The minimum absolute atomic E-state index is 0.0696. The molecule has 2 aromatic heterocycles. The standard InChI is InChI=1S/C17H17N5O2.C3H6/c23-17(24)20-16-19-15-3-1-2-14(22(15)21-16)12-6-4-11(5-7-12)10-18-13-8-9-13;1-2-3-1/h1-7,13,18H,8-10H2,(H,20,21)(H,23,24);1-3H2. The molecule has 2 fully saturated rings. The van der Waals surface area contributed by atoms with E-state index < -0.39 is 6.09 Å². The number of hydrogen-bond acceptors (Lipinski definition) is 4. The Morgan fingerprint density at radius 2 is 1.85 bits per heavy atom. The van der Waals surface area contributed by atoms with Crippen LogP contribution in [0, 0.1) is 0 Å². The maximum absolute atomic E-state index is 10.7. The minimum Gasteiger partial charge on any atom is -0.465 e. The van der Waals surface area contributed by atoms with E-state index >= 15 is 0 Å². The number of nitrogens with zero attached hydrogens (tertiary/aromatic N) is 3. The molecule has 0 unspecified atom stereocenters. The van der Waals surface area contributed by atoms with E-state index in [0.29, 0.717) is 11.7 Å². The van der Waals surface area contributed by atoms with Crippen LogP contribution in [0.1, 0.15) is 37.7 Å². The van der Waals surface area contributed by atoms with Crippen molar-refractivity contribution in [3.8, 4) is 11.3 Å². The maximum atomic E-state index is 10.7. The van der Waals surface area contributed by atoms with E-state index in [2.05, 4.69) is 32.8 Å². The first-order valence-corrected chi connectivity index (χ1v) is 9.37. The summed E-state index contributed by atoms with van der Waals surface area (Å²) in [5, 5.41) is 18.7. The van der Waals surface area contributed by atoms with Crippen LogP contribution >= 0.6 is 0 Å². The lowest BCUT2D eigenvalue weighted by atomic mass is 10.1. The molecule has 140 valence electrons. The summed E-state index contributed by atoms with van der Waals surface area (Å²) >= 11 is 0. The van der Waals surface area contributed by atoms with Crippen molar-refractivity contribution in [1.29, 1.82) is 0 Å². The van der Waals surface area contributed by atoms with Gasteiger partial charge in [-0.25, -0.2) is 9.31 Å². The fourth-order valence-corrected chi connectivity index (χ4v) is 2.62. The van der Waals surface area contributed by atoms with Gasteiger partial charge in [0.25, 0.3) is 5.95 Å². The van der Waals surface area contributed by atoms with E-state index in [1.807, 2.05) is 24.3 Å². The number of amides is 1. The van der Waals surface area contributed by atoms with Gasteiger partial charge in [-0.05, 0) is 30.5 Å². The van der Waals surface area contributed by atoms with Crippen molar-refractivity contribution in [3.63, 3.8) is 0 Å². The van der Waals surface area contributed by atoms with Gasteiger partial charge in [0, 0.05) is 18.2 Å². The lowest BCUT2D eigenvalue weighted by Crippen LogP contribution is -2.15. The van der Waals surface area contributed by atoms with E-state index in [-0.39, 0.29) is 5.95 Å². The topological polar surface area (TPSA) is 91.5 Å². The summed E-state index contributed by atoms with van der Waals surface area (Å²) in [6, 6.07) is 14.6. The predicted molar refractivity (Wildman–Crippen MR) is 104 cm³/mol. The lowest BCUT2D eigenvalue weighted by Gasteiger charge is -2.07. The largest absolute Gasteiger partial charge is 0.465 e. The normalized spacial score (nSPS) is 15.1. The second kappa shape index (κ2) is 7.75. The van der Waals surface area contributed by atoms with Gasteiger partial charge in [0.1, 0.15) is 0 Å². The Balaban J connectivity index is 0.000000547. The van der Waals surface area contributed by atoms with Gasteiger partial charge >= 0.3 is 6.09 Å². The van der Waals surface area contributed by atoms with Gasteiger partial charge in [0.05, 0.1) is 5.69 Å². The third kappa shape index (κ3) is 4.83. The molecule has 2 heterocycles. The molecular weight excluding hydrogens is 342 g/mol. The summed E-state index contributed by atoms with van der Waals surface area (Å²) in [4.78, 5) is 14.9. The van der Waals surface area contributed by atoms with Crippen molar-refractivity contribution in [2.45, 2.75) is 44.7 Å². The molecule has 1 aromatic carbocycles. The number of aromatic nitrogens is 3. The molecule has 2 saturated carbocycles. The number of anilines is 1. The van der Waals surface area contributed by atoms with Crippen molar-refractivity contribution < 1.29 is 9.90 Å². The molecular formula is C20H23N5O2. The van der Waals surface area contributed by atoms with Crippen molar-refractivity contribution >= 4 is 17.7 Å². The highest BCUT2D eigenvalue weighted by Crippen LogP contribution is 2.23. The van der Waals surface area contributed by atoms with E-state index in [9.17, 15) is 4.79 Å². The number of fused-ring (bicyclic) bond motifs is 1. The Hall–Kier alpha value is -2.93. The van der Waals surface area contributed by atoms with Crippen LogP contribution in [0.15, 0.2) is 42.5 Å². The molecule has 7 heteroatoms. The highest BCUT2D eigenvalue weighted by molar-refractivity contribution is 5.80. The zero-order valence-corrected chi connectivity index (χ0v) is 15.1. The van der Waals surface area contributed by atoms with Crippen LogP contribution in [0.2, 0.25) is 0 Å². The van der Waals surface area contributed by atoms with Crippen LogP contribution in [0.3, 0.4) is 0 Å². The second-order valence-electron chi connectivity index (χ2n) is 6.96. The molecule has 0 bridgehead atoms. The Morgan fingerprint density at radius 1 is 1.11 bits per heavy atom. The van der Waals surface area contributed by atoms with Crippen molar-refractivity contribution in [2.75, 3.05) is 5.32 Å². The van der Waals surface area contributed by atoms with Gasteiger partial charge < -0.3 is 10.4 Å². The minimum atomic E-state index is -1.18. The number of benzene rings is 1. The number of carbonyl (C=O) groups is 1. The Labute approximate surface area is 157 Å². The van der Waals surface area contributed by atoms with Gasteiger partial charge in [-0.3, -0.25) is 5.32 Å². The quantitative estimate of drug-likeness (QED) is 0.638. The van der Waals surface area contributed by atoms with Gasteiger partial charge in [-0.15, -0.1) is 5.10 Å². The molecule has 0 saturated heterocycles. The van der Waals surface area contributed by atoms with E-state index in [1.54, 1.807) is 10.6 Å². The van der Waals surface area contributed by atoms with Crippen LogP contribution < -0.4 is 10.6 Å². The van der Waals surface area contributed by atoms with Crippen molar-refractivity contribution in [2.24, 2.45) is 0 Å². The number of rotatable bonds is 5. The summed E-state index contributed by atoms with van der Waals surface area (Å²) in [5.41, 5.74) is 3.70. The molecule has 3 aromatic rings. The molecule has 5 rings (SSSR count). The monoisotopic (exact) mass is 365 g/mol. The van der Waals surface area contributed by atoms with Crippen LogP contribution in [0.5, 0.6) is 0 Å². The zero-order chi connectivity index (χ0) is 18.6. The van der Waals surface area contributed by atoms with Crippen LogP contribution in [0.25, 0.3) is 16.9 Å². The Bertz CT molecular complexity index is 926. The number of pyridine rings is 1.